The first-order chi connectivity index (χ1) is 8.53. The number of rotatable bonds is 4. The van der Waals surface area contributed by atoms with Gasteiger partial charge in [0.15, 0.2) is 0 Å². The highest BCUT2D eigenvalue weighted by Crippen LogP contribution is 2.20. The van der Waals surface area contributed by atoms with Crippen LogP contribution in [-0.4, -0.2) is 27.7 Å². The summed E-state index contributed by atoms with van der Waals surface area (Å²) in [6.07, 6.45) is 0.691. The van der Waals surface area contributed by atoms with Crippen LogP contribution >= 0.6 is 11.6 Å². The topological polar surface area (TPSA) is 81.4 Å². The second kappa shape index (κ2) is 5.54. The average Bonchev–Trinajstić information content (AvgIpc) is 2.81. The number of hydrogen-bond donors (Lipinski definition) is 2. The summed E-state index contributed by atoms with van der Waals surface area (Å²) < 4.78 is 32.0. The van der Waals surface area contributed by atoms with Crippen molar-refractivity contribution in [1.29, 1.82) is 0 Å². The summed E-state index contributed by atoms with van der Waals surface area (Å²) >= 11 is 5.90. The average molecular weight is 291 g/mol. The monoisotopic (exact) mass is 290 g/mol. The molecule has 0 aliphatic carbocycles. The van der Waals surface area contributed by atoms with Gasteiger partial charge in [-0.2, -0.15) is 0 Å². The minimum Gasteiger partial charge on any atom is -0.380 e. The van der Waals surface area contributed by atoms with Crippen molar-refractivity contribution in [3.63, 3.8) is 0 Å². The first-order valence-corrected chi connectivity index (χ1v) is 7.47. The van der Waals surface area contributed by atoms with Crippen LogP contribution in [0.25, 0.3) is 0 Å². The predicted molar refractivity (Wildman–Crippen MR) is 68.9 cm³/mol. The summed E-state index contributed by atoms with van der Waals surface area (Å²) in [6.45, 7) is 1.20. The molecule has 1 aliphatic rings. The van der Waals surface area contributed by atoms with E-state index in [-0.39, 0.29) is 17.5 Å². The molecule has 18 heavy (non-hydrogen) atoms. The first kappa shape index (κ1) is 13.8. The quantitative estimate of drug-likeness (QED) is 0.862. The van der Waals surface area contributed by atoms with Crippen molar-refractivity contribution in [2.45, 2.75) is 23.9 Å². The van der Waals surface area contributed by atoms with Gasteiger partial charge < -0.3 is 10.5 Å². The molecule has 1 aliphatic heterocycles. The summed E-state index contributed by atoms with van der Waals surface area (Å²) in [7, 11) is -3.54. The van der Waals surface area contributed by atoms with Gasteiger partial charge in [-0.1, -0.05) is 11.6 Å². The number of halogens is 1. The van der Waals surface area contributed by atoms with Crippen LogP contribution in [0.3, 0.4) is 0 Å². The van der Waals surface area contributed by atoms with Crippen LogP contribution < -0.4 is 10.5 Å². The van der Waals surface area contributed by atoms with Crippen LogP contribution in [0.2, 0.25) is 5.02 Å². The lowest BCUT2D eigenvalue weighted by Gasteiger charge is -2.12. The first-order valence-electron chi connectivity index (χ1n) is 5.61. The molecule has 0 amide bonds. The molecule has 1 fully saturated rings. The Bertz CT molecular complexity index is 527. The molecule has 3 N–H and O–H groups in total. The van der Waals surface area contributed by atoms with E-state index in [0.717, 1.165) is 0 Å². The molecular formula is C11H15ClN2O3S. The van der Waals surface area contributed by atoms with Gasteiger partial charge in [0.05, 0.1) is 11.5 Å². The molecule has 5 nitrogen and oxygen atoms in total. The molecule has 0 spiro atoms. The fourth-order valence-electron chi connectivity index (χ4n) is 1.79. The molecule has 1 aromatic rings. The lowest BCUT2D eigenvalue weighted by Crippen LogP contribution is -2.35. The summed E-state index contributed by atoms with van der Waals surface area (Å²) in [5, 5.41) is 0.473. The highest BCUT2D eigenvalue weighted by molar-refractivity contribution is 7.89. The van der Waals surface area contributed by atoms with E-state index >= 15 is 0 Å². The molecule has 0 aromatic heterocycles. The summed E-state index contributed by atoms with van der Waals surface area (Å²) in [5.41, 5.74) is 6.12. The lowest BCUT2D eigenvalue weighted by molar-refractivity contribution is 0.192. The van der Waals surface area contributed by atoms with Crippen LogP contribution in [0, 0.1) is 0 Å². The Labute approximate surface area is 111 Å². The molecule has 1 aromatic carbocycles. The summed E-state index contributed by atoms with van der Waals surface area (Å²) in [5.74, 6) is 0. The van der Waals surface area contributed by atoms with Crippen molar-refractivity contribution >= 4 is 21.6 Å². The van der Waals surface area contributed by atoms with E-state index in [0.29, 0.717) is 30.2 Å². The third-order valence-corrected chi connectivity index (χ3v) is 4.69. The zero-order valence-corrected chi connectivity index (χ0v) is 11.3. The number of nitrogens with one attached hydrogen (secondary N) is 1. The highest BCUT2D eigenvalue weighted by atomic mass is 35.5. The maximum atomic E-state index is 12.1. The number of benzene rings is 1. The minimum atomic E-state index is -3.54. The number of ether oxygens (including phenoxy) is 1. The lowest BCUT2D eigenvalue weighted by atomic mass is 10.2. The molecule has 0 radical (unpaired) electrons. The third-order valence-electron chi connectivity index (χ3n) is 2.80. The maximum absolute atomic E-state index is 12.1. The van der Waals surface area contributed by atoms with Gasteiger partial charge in [0.25, 0.3) is 0 Å². The van der Waals surface area contributed by atoms with Gasteiger partial charge in [0.1, 0.15) is 0 Å². The Hall–Kier alpha value is -0.660. The number of sulfonamides is 1. The van der Waals surface area contributed by atoms with Gasteiger partial charge in [-0.15, -0.1) is 0 Å². The zero-order chi connectivity index (χ0) is 13.2. The molecule has 0 bridgehead atoms. The molecule has 1 atom stereocenters. The van der Waals surface area contributed by atoms with Gasteiger partial charge in [-0.05, 0) is 30.2 Å². The van der Waals surface area contributed by atoms with Crippen molar-refractivity contribution in [2.24, 2.45) is 5.73 Å². The smallest absolute Gasteiger partial charge is 0.240 e. The van der Waals surface area contributed by atoms with Crippen molar-refractivity contribution < 1.29 is 13.2 Å². The van der Waals surface area contributed by atoms with Gasteiger partial charge >= 0.3 is 0 Å². The Balaban J connectivity index is 2.23. The Kier molecular flexibility index (Phi) is 4.24. The molecule has 2 rings (SSSR count). The SMILES string of the molecule is NCc1cc(S(=O)(=O)NC2CCOC2)ccc1Cl. The van der Waals surface area contributed by atoms with Gasteiger partial charge in [-0.3, -0.25) is 0 Å². The van der Waals surface area contributed by atoms with Crippen LogP contribution in [0.1, 0.15) is 12.0 Å². The maximum Gasteiger partial charge on any atom is 0.240 e. The van der Waals surface area contributed by atoms with Crippen LogP contribution in [0.5, 0.6) is 0 Å². The Morgan fingerprint density at radius 1 is 1.50 bits per heavy atom. The molecule has 1 saturated heterocycles. The molecule has 1 heterocycles. The second-order valence-electron chi connectivity index (χ2n) is 4.14. The molecule has 0 saturated carbocycles. The van der Waals surface area contributed by atoms with Crippen LogP contribution in [0.15, 0.2) is 23.1 Å². The molecule has 7 heteroatoms. The van der Waals surface area contributed by atoms with Gasteiger partial charge in [0.2, 0.25) is 10.0 Å². The molecule has 100 valence electrons. The molecule has 1 unspecified atom stereocenters. The van der Waals surface area contributed by atoms with Crippen molar-refractivity contribution in [3.8, 4) is 0 Å². The fourth-order valence-corrected chi connectivity index (χ4v) is 3.29. The zero-order valence-electron chi connectivity index (χ0n) is 9.73. The Morgan fingerprint density at radius 3 is 2.89 bits per heavy atom. The van der Waals surface area contributed by atoms with E-state index < -0.39 is 10.0 Å². The van der Waals surface area contributed by atoms with Gasteiger partial charge in [0, 0.05) is 24.2 Å². The molecular weight excluding hydrogens is 276 g/mol. The normalized spacial score (nSPS) is 20.2. The van der Waals surface area contributed by atoms with Gasteiger partial charge in [-0.25, -0.2) is 13.1 Å². The van der Waals surface area contributed by atoms with Crippen LogP contribution in [0.4, 0.5) is 0 Å². The van der Waals surface area contributed by atoms with Crippen molar-refractivity contribution in [2.75, 3.05) is 13.2 Å². The van der Waals surface area contributed by atoms with Crippen molar-refractivity contribution in [1.82, 2.24) is 4.72 Å². The van der Waals surface area contributed by atoms with E-state index in [2.05, 4.69) is 4.72 Å². The fraction of sp³-hybridized carbons (Fsp3) is 0.455. The highest BCUT2D eigenvalue weighted by Gasteiger charge is 2.23. The van der Waals surface area contributed by atoms with E-state index in [1.807, 2.05) is 0 Å². The Morgan fingerprint density at radius 2 is 2.28 bits per heavy atom. The second-order valence-corrected chi connectivity index (χ2v) is 6.26. The minimum absolute atomic E-state index is 0.160. The third kappa shape index (κ3) is 3.02. The summed E-state index contributed by atoms with van der Waals surface area (Å²) in [4.78, 5) is 0.180. The van der Waals surface area contributed by atoms with E-state index in [1.165, 1.54) is 12.1 Å². The number of hydrogen-bond acceptors (Lipinski definition) is 4. The predicted octanol–water partition coefficient (Wildman–Crippen LogP) is 0.866. The number of nitrogens with two attached hydrogens (primary N) is 1. The van der Waals surface area contributed by atoms with E-state index in [4.69, 9.17) is 22.1 Å². The summed E-state index contributed by atoms with van der Waals surface area (Å²) in [6, 6.07) is 4.36. The van der Waals surface area contributed by atoms with Crippen LogP contribution in [-0.2, 0) is 21.3 Å². The standard InChI is InChI=1S/C11H15ClN2O3S/c12-11-2-1-10(5-8(11)6-13)18(15,16)14-9-3-4-17-7-9/h1-2,5,9,14H,3-4,6-7,13H2. The van der Waals surface area contributed by atoms with Crippen molar-refractivity contribution in [3.05, 3.63) is 28.8 Å². The largest absolute Gasteiger partial charge is 0.380 e. The van der Waals surface area contributed by atoms with E-state index in [9.17, 15) is 8.42 Å². The van der Waals surface area contributed by atoms with E-state index in [1.54, 1.807) is 6.07 Å².